The molecule has 0 heterocycles. The van der Waals surface area contributed by atoms with Gasteiger partial charge in [-0.3, -0.25) is 0 Å². The molecule has 3 rings (SSSR count). The van der Waals surface area contributed by atoms with Gasteiger partial charge in [0, 0.05) is 118 Å². The van der Waals surface area contributed by atoms with Crippen LogP contribution in [0.15, 0.2) is 94.2 Å². The molecule has 3 fully saturated rings. The minimum atomic E-state index is -0.712. The summed E-state index contributed by atoms with van der Waals surface area (Å²) in [5, 5.41) is 56.7. The van der Waals surface area contributed by atoms with Crippen LogP contribution in [-0.2, 0) is 0 Å². The number of rotatable bonds is 3. The first-order valence-electron chi connectivity index (χ1n) is 14.1. The van der Waals surface area contributed by atoms with Gasteiger partial charge >= 0.3 is 0 Å². The molecule has 0 radical (unpaired) electrons. The van der Waals surface area contributed by atoms with Crippen LogP contribution in [0.3, 0.4) is 0 Å². The molecule has 0 bridgehead atoms. The maximum absolute atomic E-state index is 9.54. The van der Waals surface area contributed by atoms with Crippen molar-refractivity contribution in [2.24, 2.45) is 0 Å². The van der Waals surface area contributed by atoms with Crippen LogP contribution < -0.4 is 0 Å². The first-order chi connectivity index (χ1) is 19.1. The fourth-order valence-corrected chi connectivity index (χ4v) is 4.11. The van der Waals surface area contributed by atoms with Gasteiger partial charge in [0.05, 0.1) is 12.2 Å². The summed E-state index contributed by atoms with van der Waals surface area (Å²) in [6.07, 6.45) is 15.6. The van der Waals surface area contributed by atoms with Gasteiger partial charge in [-0.2, -0.15) is 30.9 Å². The van der Waals surface area contributed by atoms with Crippen molar-refractivity contribution >= 4 is 0 Å². The molecular formula is C37H59O6U3-3. The molecular weight excluding hydrogens is 1250 g/mol. The molecule has 6 nitrogen and oxygen atoms in total. The maximum atomic E-state index is 9.54. The quantitative estimate of drug-likeness (QED) is 0.144. The van der Waals surface area contributed by atoms with Gasteiger partial charge in [-0.15, -0.1) is 30.4 Å². The van der Waals surface area contributed by atoms with E-state index >= 15 is 0 Å². The summed E-state index contributed by atoms with van der Waals surface area (Å²) in [4.78, 5) is 0. The Morgan fingerprint density at radius 2 is 1.04 bits per heavy atom. The number of hydrogen-bond acceptors (Lipinski definition) is 6. The van der Waals surface area contributed by atoms with E-state index in [1.165, 1.54) is 16.7 Å². The van der Waals surface area contributed by atoms with E-state index in [1.54, 1.807) is 12.8 Å². The monoisotopic (exact) mass is 1310 g/mol. The summed E-state index contributed by atoms with van der Waals surface area (Å²) in [7, 11) is 0. The third-order valence-electron chi connectivity index (χ3n) is 6.47. The van der Waals surface area contributed by atoms with E-state index < -0.39 is 36.6 Å². The minimum absolute atomic E-state index is 0. The molecule has 0 aromatic carbocycles. The summed E-state index contributed by atoms with van der Waals surface area (Å²) in [5.74, 6) is 0. The minimum Gasteiger partial charge on any atom is -0.407 e. The summed E-state index contributed by atoms with van der Waals surface area (Å²) in [6, 6.07) is 0. The molecule has 9 heteroatoms. The van der Waals surface area contributed by atoms with Crippen molar-refractivity contribution in [1.29, 1.82) is 0 Å². The Hall–Kier alpha value is 0.446. The van der Waals surface area contributed by atoms with Crippen molar-refractivity contribution < 1.29 is 124 Å². The fourth-order valence-electron chi connectivity index (χ4n) is 4.11. The van der Waals surface area contributed by atoms with E-state index in [2.05, 4.69) is 13.2 Å². The van der Waals surface area contributed by atoms with Gasteiger partial charge in [0.1, 0.15) is 0 Å². The van der Waals surface area contributed by atoms with Crippen LogP contribution in [0.2, 0.25) is 0 Å². The van der Waals surface area contributed by atoms with Crippen molar-refractivity contribution in [3.05, 3.63) is 113 Å². The normalized spacial score (nSPS) is 27.1. The Kier molecular flexibility index (Phi) is 35.5. The average molecular weight is 1310 g/mol. The summed E-state index contributed by atoms with van der Waals surface area (Å²) < 4.78 is 0. The van der Waals surface area contributed by atoms with Crippen LogP contribution in [-0.4, -0.2) is 67.3 Å². The van der Waals surface area contributed by atoms with Crippen molar-refractivity contribution in [3.8, 4) is 0 Å². The van der Waals surface area contributed by atoms with E-state index in [1.807, 2.05) is 84.4 Å². The van der Waals surface area contributed by atoms with Gasteiger partial charge in [-0.05, 0) is 72.8 Å². The fraction of sp³-hybridized carbons (Fsp3) is 0.486. The first kappa shape index (κ1) is 55.8. The largest absolute Gasteiger partial charge is 0.407 e. The summed E-state index contributed by atoms with van der Waals surface area (Å²) >= 11 is 0. The second kappa shape index (κ2) is 29.2. The number of hydrogen-bond donors (Lipinski definition) is 6. The Morgan fingerprint density at radius 1 is 0.609 bits per heavy atom. The summed E-state index contributed by atoms with van der Waals surface area (Å²) in [6.45, 7) is 19.5. The zero-order valence-electron chi connectivity index (χ0n) is 27.1. The molecule has 3 aliphatic carbocycles. The number of aliphatic hydroxyl groups is 6. The van der Waals surface area contributed by atoms with E-state index in [0.29, 0.717) is 36.8 Å². The molecule has 6 atom stereocenters. The number of aliphatic hydroxyl groups excluding tert-OH is 6. The Morgan fingerprint density at radius 3 is 1.48 bits per heavy atom. The van der Waals surface area contributed by atoms with E-state index in [-0.39, 0.29) is 108 Å². The van der Waals surface area contributed by atoms with Gasteiger partial charge in [-0.25, -0.2) is 23.3 Å². The zero-order valence-corrected chi connectivity index (χ0v) is 39.6. The van der Waals surface area contributed by atoms with Gasteiger partial charge in [0.15, 0.2) is 0 Å². The molecule has 0 unspecified atom stereocenters. The topological polar surface area (TPSA) is 121 Å². The Bertz CT molecular complexity index is 1050. The summed E-state index contributed by atoms with van der Waals surface area (Å²) in [5.41, 5.74) is 7.57. The third-order valence-corrected chi connectivity index (χ3v) is 6.47. The second-order valence-electron chi connectivity index (χ2n) is 11.6. The van der Waals surface area contributed by atoms with E-state index in [4.69, 9.17) is 0 Å². The van der Waals surface area contributed by atoms with Gasteiger partial charge in [0.2, 0.25) is 0 Å². The van der Waals surface area contributed by atoms with Crippen LogP contribution >= 0.6 is 0 Å². The van der Waals surface area contributed by atoms with Gasteiger partial charge in [0.25, 0.3) is 0 Å². The van der Waals surface area contributed by atoms with Crippen molar-refractivity contribution in [2.75, 3.05) is 0 Å². The van der Waals surface area contributed by atoms with Crippen molar-refractivity contribution in [3.63, 3.8) is 0 Å². The van der Waals surface area contributed by atoms with E-state index in [9.17, 15) is 30.6 Å². The maximum Gasteiger partial charge on any atom is 0.0771 e. The van der Waals surface area contributed by atoms with Crippen LogP contribution in [0.4, 0.5) is 0 Å². The Labute approximate surface area is 352 Å². The molecule has 3 aliphatic rings. The van der Waals surface area contributed by atoms with Crippen LogP contribution in [0.25, 0.3) is 0 Å². The van der Waals surface area contributed by atoms with Gasteiger partial charge in [-0.1, -0.05) is 38.2 Å². The van der Waals surface area contributed by atoms with Crippen molar-refractivity contribution in [1.82, 2.24) is 0 Å². The molecule has 3 saturated carbocycles. The van der Waals surface area contributed by atoms with Crippen molar-refractivity contribution in [2.45, 2.75) is 119 Å². The number of allylic oxidation sites excluding steroid dienone is 9. The van der Waals surface area contributed by atoms with Gasteiger partial charge < -0.3 is 30.6 Å². The average Bonchev–Trinajstić information content (AvgIpc) is 2.86. The molecule has 0 aromatic heterocycles. The predicted molar refractivity (Wildman–Crippen MR) is 182 cm³/mol. The van der Waals surface area contributed by atoms with Crippen LogP contribution in [0, 0.1) is 113 Å². The second-order valence-corrected chi connectivity index (χ2v) is 11.6. The molecule has 0 aromatic rings. The Balaban J connectivity index is -0.000000173. The van der Waals surface area contributed by atoms with E-state index in [0.717, 1.165) is 16.7 Å². The zero-order chi connectivity index (χ0) is 31.3. The SMILES string of the molecule is C.C.C=C1/C(=C/C=C(C)C)[CH-][C@@H](O)C[C@@H]1O.C=C1[C@H](O)[CH-]/C(=C\C=C(C)C)C[C@H]1O.CC(C)=C/C=C1\[CH-][C@@H](O)C[C@H](O)C1.[U].[U].[U]. The van der Waals surface area contributed by atoms with Crippen LogP contribution in [0.1, 0.15) is 82.1 Å². The molecule has 0 saturated heterocycles. The standard InChI is InChI=1S/2C12H17O2.C11H17O2.2CH4.3U/c1-8(2)4-5-10-6-11(13)7-12(14)9(10)3;1-8(2)4-5-10-6-11(13)9(3)12(14)7-10;1-8(2)3-4-9-5-10(12)7-11(13)6-9;;;;;/h2*4-6,11-14H,3,7H2,1-2H3;3-5,10-13H,6-7H2,1-2H3;2*1H4;;;/q3*-1;;;;;/b2*10-5+;9-4+;;;;;/t11-,12+;11-,12-;10-,11-;;;;;/m111...../s1. The molecule has 258 valence electrons. The van der Waals surface area contributed by atoms with Crippen LogP contribution in [0.5, 0.6) is 0 Å². The predicted octanol–water partition coefficient (Wildman–Crippen LogP) is 6.40. The molecule has 0 amide bonds. The first-order valence-corrected chi connectivity index (χ1v) is 14.1. The molecule has 0 spiro atoms. The third kappa shape index (κ3) is 23.7. The molecule has 6 N–H and O–H groups in total. The smallest absolute Gasteiger partial charge is 0.0771 e. The molecule has 0 aliphatic heterocycles. The molecule has 46 heavy (non-hydrogen) atoms.